The average molecular weight is 447 g/mol. The van der Waals surface area contributed by atoms with E-state index in [4.69, 9.17) is 4.74 Å². The zero-order valence-corrected chi connectivity index (χ0v) is 20.3. The maximum absolute atomic E-state index is 6.61. The largest absolute Gasteiger partial charge is 0.373 e. The molecule has 0 saturated carbocycles. The maximum atomic E-state index is 6.61. The van der Waals surface area contributed by atoms with E-state index in [-0.39, 0.29) is 17.1 Å². The molecule has 4 heteroatoms. The van der Waals surface area contributed by atoms with Gasteiger partial charge in [-0.3, -0.25) is 9.88 Å². The molecular weight excluding hydrogens is 412 g/mol. The van der Waals surface area contributed by atoms with Crippen molar-refractivity contribution in [1.29, 1.82) is 0 Å². The Kier molecular flexibility index (Phi) is 5.96. The van der Waals surface area contributed by atoms with Crippen molar-refractivity contribution in [1.82, 2.24) is 9.88 Å². The molecule has 2 atom stereocenters. The van der Waals surface area contributed by atoms with E-state index < -0.39 is 0 Å². The highest BCUT2D eigenvalue weighted by molar-refractivity contribution is 7.09. The molecule has 1 aromatic carbocycles. The summed E-state index contributed by atoms with van der Waals surface area (Å²) in [6, 6.07) is 17.8. The molecule has 32 heavy (non-hydrogen) atoms. The first kappa shape index (κ1) is 21.8. The Labute approximate surface area is 196 Å². The Balaban J connectivity index is 1.47. The summed E-state index contributed by atoms with van der Waals surface area (Å²) in [5.74, 6) is 0. The fourth-order valence-electron chi connectivity index (χ4n) is 5.66. The zero-order chi connectivity index (χ0) is 22.2. The first-order chi connectivity index (χ1) is 15.5. The van der Waals surface area contributed by atoms with Gasteiger partial charge in [-0.2, -0.15) is 0 Å². The number of hydrogen-bond donors (Lipinski definition) is 0. The number of benzene rings is 1. The summed E-state index contributed by atoms with van der Waals surface area (Å²) < 4.78 is 6.61. The quantitative estimate of drug-likeness (QED) is 0.443. The molecule has 0 bridgehead atoms. The summed E-state index contributed by atoms with van der Waals surface area (Å²) >= 11 is 1.88. The highest BCUT2D eigenvalue weighted by Gasteiger charge is 2.50. The number of likely N-dealkylation sites (tertiary alicyclic amines) is 1. The van der Waals surface area contributed by atoms with Gasteiger partial charge in [0.1, 0.15) is 0 Å². The number of aryl methyl sites for hydroxylation is 2. The lowest BCUT2D eigenvalue weighted by atomic mass is 9.72. The second-order valence-corrected chi connectivity index (χ2v) is 11.1. The van der Waals surface area contributed by atoms with Gasteiger partial charge in [-0.15, -0.1) is 11.3 Å². The SMILES string of the molecule is Cc1ccc(C(C)(C)N2CC[C@@](CCc3cccs3)([C@H]3OCCc4ccccc43)C2)cn1. The number of fused-ring (bicyclic) bond motifs is 1. The summed E-state index contributed by atoms with van der Waals surface area (Å²) in [7, 11) is 0. The molecule has 0 aliphatic carbocycles. The van der Waals surface area contributed by atoms with E-state index in [1.807, 2.05) is 11.3 Å². The van der Waals surface area contributed by atoms with Crippen LogP contribution >= 0.6 is 11.3 Å². The molecule has 2 aromatic heterocycles. The van der Waals surface area contributed by atoms with Gasteiger partial charge in [-0.05, 0) is 87.2 Å². The molecule has 0 N–H and O–H groups in total. The van der Waals surface area contributed by atoms with Gasteiger partial charge in [0.15, 0.2) is 0 Å². The smallest absolute Gasteiger partial charge is 0.0896 e. The van der Waals surface area contributed by atoms with Crippen LogP contribution < -0.4 is 0 Å². The first-order valence-corrected chi connectivity index (χ1v) is 12.8. The Morgan fingerprint density at radius 1 is 1.16 bits per heavy atom. The highest BCUT2D eigenvalue weighted by atomic mass is 32.1. The Bertz CT molecular complexity index is 1040. The first-order valence-electron chi connectivity index (χ1n) is 11.9. The lowest BCUT2D eigenvalue weighted by molar-refractivity contribution is -0.0561. The fourth-order valence-corrected chi connectivity index (χ4v) is 6.37. The van der Waals surface area contributed by atoms with Crippen molar-refractivity contribution in [2.75, 3.05) is 19.7 Å². The van der Waals surface area contributed by atoms with E-state index in [2.05, 4.69) is 90.8 Å². The molecule has 3 aromatic rings. The topological polar surface area (TPSA) is 25.4 Å². The molecular formula is C28H34N2OS. The van der Waals surface area contributed by atoms with Gasteiger partial charge in [0, 0.05) is 34.3 Å². The third kappa shape index (κ3) is 4.05. The van der Waals surface area contributed by atoms with Crippen LogP contribution in [0.4, 0.5) is 0 Å². The number of nitrogens with zero attached hydrogens (tertiary/aromatic N) is 2. The van der Waals surface area contributed by atoms with Crippen LogP contribution in [0.2, 0.25) is 0 Å². The molecule has 5 rings (SSSR count). The molecule has 0 spiro atoms. The molecule has 168 valence electrons. The Morgan fingerprint density at radius 2 is 2.03 bits per heavy atom. The normalized spacial score (nSPS) is 23.9. The number of rotatable bonds is 6. The van der Waals surface area contributed by atoms with Crippen molar-refractivity contribution in [3.8, 4) is 0 Å². The molecule has 4 heterocycles. The van der Waals surface area contributed by atoms with E-state index in [1.54, 1.807) is 0 Å². The second kappa shape index (κ2) is 8.74. The van der Waals surface area contributed by atoms with Crippen molar-refractivity contribution in [3.63, 3.8) is 0 Å². The summed E-state index contributed by atoms with van der Waals surface area (Å²) in [5, 5.41) is 2.20. The van der Waals surface area contributed by atoms with E-state index in [0.717, 1.165) is 44.7 Å². The lowest BCUT2D eigenvalue weighted by Gasteiger charge is -2.43. The van der Waals surface area contributed by atoms with Crippen LogP contribution in [-0.2, 0) is 23.1 Å². The molecule has 1 saturated heterocycles. The van der Waals surface area contributed by atoms with Crippen molar-refractivity contribution in [2.24, 2.45) is 5.41 Å². The molecule has 0 unspecified atom stereocenters. The van der Waals surface area contributed by atoms with Crippen LogP contribution in [-0.4, -0.2) is 29.6 Å². The van der Waals surface area contributed by atoms with E-state index in [1.165, 1.54) is 28.0 Å². The van der Waals surface area contributed by atoms with Gasteiger partial charge in [0.25, 0.3) is 0 Å². The van der Waals surface area contributed by atoms with E-state index in [9.17, 15) is 0 Å². The Hall–Kier alpha value is -2.01. The molecule has 1 fully saturated rings. The molecule has 3 nitrogen and oxygen atoms in total. The van der Waals surface area contributed by atoms with Gasteiger partial charge < -0.3 is 4.74 Å². The minimum atomic E-state index is -0.0560. The Morgan fingerprint density at radius 3 is 2.81 bits per heavy atom. The summed E-state index contributed by atoms with van der Waals surface area (Å²) in [5.41, 5.74) is 5.32. The molecule has 2 aliphatic heterocycles. The third-order valence-electron chi connectivity index (χ3n) is 7.79. The van der Waals surface area contributed by atoms with Gasteiger partial charge in [0.05, 0.1) is 12.7 Å². The minimum absolute atomic E-state index is 0.0560. The van der Waals surface area contributed by atoms with Crippen LogP contribution in [0.5, 0.6) is 0 Å². The van der Waals surface area contributed by atoms with Gasteiger partial charge in [0.2, 0.25) is 0 Å². The predicted octanol–water partition coefficient (Wildman–Crippen LogP) is 6.33. The molecule has 0 radical (unpaired) electrons. The maximum Gasteiger partial charge on any atom is 0.0896 e. The monoisotopic (exact) mass is 446 g/mol. The minimum Gasteiger partial charge on any atom is -0.373 e. The number of aromatic nitrogens is 1. The second-order valence-electron chi connectivity index (χ2n) is 10.1. The fraction of sp³-hybridized carbons (Fsp3) is 0.464. The van der Waals surface area contributed by atoms with Gasteiger partial charge >= 0.3 is 0 Å². The highest BCUT2D eigenvalue weighted by Crippen LogP contribution is 2.52. The van der Waals surface area contributed by atoms with Gasteiger partial charge in [-0.1, -0.05) is 36.4 Å². The average Bonchev–Trinajstić information content (AvgIpc) is 3.49. The van der Waals surface area contributed by atoms with E-state index in [0.29, 0.717) is 0 Å². The number of thiophene rings is 1. The number of pyridine rings is 1. The van der Waals surface area contributed by atoms with E-state index >= 15 is 0 Å². The van der Waals surface area contributed by atoms with Crippen LogP contribution in [0.15, 0.2) is 60.1 Å². The van der Waals surface area contributed by atoms with Crippen molar-refractivity contribution < 1.29 is 4.74 Å². The van der Waals surface area contributed by atoms with Crippen LogP contribution in [0.1, 0.15) is 60.1 Å². The van der Waals surface area contributed by atoms with Crippen molar-refractivity contribution >= 4 is 11.3 Å². The molecule has 2 aliphatic rings. The number of hydrogen-bond acceptors (Lipinski definition) is 4. The van der Waals surface area contributed by atoms with Crippen LogP contribution in [0, 0.1) is 12.3 Å². The lowest BCUT2D eigenvalue weighted by Crippen LogP contribution is -2.43. The number of ether oxygens (including phenoxy) is 1. The zero-order valence-electron chi connectivity index (χ0n) is 19.5. The van der Waals surface area contributed by atoms with Crippen LogP contribution in [0.3, 0.4) is 0 Å². The third-order valence-corrected chi connectivity index (χ3v) is 8.73. The standard InChI is InChI=1S/C28H34N2OS/c1-21-10-11-23(19-29-21)27(2,3)30-16-15-28(20-30,14-12-24-8-6-18-32-24)26-25-9-5-4-7-22(25)13-17-31-26/h4-11,18-19,26H,12-17,20H2,1-3H3/t26-,28+/m0/s1. The summed E-state index contributed by atoms with van der Waals surface area (Å²) in [6.45, 7) is 9.73. The van der Waals surface area contributed by atoms with Crippen molar-refractivity contribution in [2.45, 2.75) is 58.1 Å². The van der Waals surface area contributed by atoms with Crippen molar-refractivity contribution in [3.05, 3.63) is 87.4 Å². The van der Waals surface area contributed by atoms with Crippen LogP contribution in [0.25, 0.3) is 0 Å². The summed E-state index contributed by atoms with van der Waals surface area (Å²) in [6.07, 6.45) is 6.71. The molecule has 0 amide bonds. The predicted molar refractivity (Wildman–Crippen MR) is 132 cm³/mol. The summed E-state index contributed by atoms with van der Waals surface area (Å²) in [4.78, 5) is 8.75. The van der Waals surface area contributed by atoms with Gasteiger partial charge in [-0.25, -0.2) is 0 Å².